The van der Waals surface area contributed by atoms with Crippen LogP contribution in [0.2, 0.25) is 0 Å². The summed E-state index contributed by atoms with van der Waals surface area (Å²) in [6.07, 6.45) is 1.88. The molecule has 1 saturated carbocycles. The van der Waals surface area contributed by atoms with Crippen molar-refractivity contribution in [2.45, 2.75) is 38.5 Å². The van der Waals surface area contributed by atoms with Gasteiger partial charge in [0.15, 0.2) is 0 Å². The summed E-state index contributed by atoms with van der Waals surface area (Å²) >= 11 is 0. The standard InChI is InChI=1S/C7H12F2.ClH.H3N/c1-2-6-3-4-7(8,9)5-6;;/h6H,2-5H2,1H3;1H;1H3. The van der Waals surface area contributed by atoms with Gasteiger partial charge >= 0.3 is 0 Å². The zero-order chi connectivity index (χ0) is 6.91. The molecule has 0 saturated heterocycles. The Morgan fingerprint density at radius 3 is 2.18 bits per heavy atom. The number of hydrogen-bond donors (Lipinski definition) is 1. The molecule has 1 rings (SSSR count). The lowest BCUT2D eigenvalue weighted by Gasteiger charge is -2.06. The van der Waals surface area contributed by atoms with Crippen LogP contribution in [0, 0.1) is 5.92 Å². The predicted octanol–water partition coefficient (Wildman–Crippen LogP) is 3.42. The first-order valence-electron chi connectivity index (χ1n) is 3.52. The van der Waals surface area contributed by atoms with Crippen LogP contribution in [0.1, 0.15) is 32.6 Å². The third-order valence-corrected chi connectivity index (χ3v) is 2.08. The van der Waals surface area contributed by atoms with Crippen LogP contribution in [0.5, 0.6) is 0 Å². The van der Waals surface area contributed by atoms with Gasteiger partial charge in [-0.2, -0.15) is 0 Å². The minimum absolute atomic E-state index is 0. The summed E-state index contributed by atoms with van der Waals surface area (Å²) in [6.45, 7) is 1.98. The van der Waals surface area contributed by atoms with E-state index in [9.17, 15) is 8.78 Å². The normalized spacial score (nSPS) is 27.0. The molecule has 1 unspecified atom stereocenters. The molecule has 1 atom stereocenters. The second kappa shape index (κ2) is 4.88. The van der Waals surface area contributed by atoms with Crippen LogP contribution in [-0.4, -0.2) is 5.92 Å². The van der Waals surface area contributed by atoms with E-state index in [-0.39, 0.29) is 31.4 Å². The van der Waals surface area contributed by atoms with E-state index in [1.165, 1.54) is 0 Å². The minimum atomic E-state index is -2.33. The van der Waals surface area contributed by atoms with Gasteiger partial charge in [0.2, 0.25) is 5.92 Å². The van der Waals surface area contributed by atoms with Crippen molar-refractivity contribution >= 4 is 12.4 Å². The zero-order valence-electron chi connectivity index (χ0n) is 6.78. The molecular formula is C7H16ClF2N. The molecule has 11 heavy (non-hydrogen) atoms. The topological polar surface area (TPSA) is 35.0 Å². The van der Waals surface area contributed by atoms with Gasteiger partial charge in [0, 0.05) is 12.8 Å². The summed E-state index contributed by atoms with van der Waals surface area (Å²) < 4.78 is 24.8. The molecule has 0 aliphatic heterocycles. The Labute approximate surface area is 72.5 Å². The van der Waals surface area contributed by atoms with Gasteiger partial charge in [-0.15, -0.1) is 12.4 Å². The molecule has 0 aromatic carbocycles. The maximum atomic E-state index is 12.4. The predicted molar refractivity (Wildman–Crippen MR) is 44.8 cm³/mol. The summed E-state index contributed by atoms with van der Waals surface area (Å²) in [5, 5.41) is 0. The SMILES string of the molecule is CCC1CCC(F)(F)C1.Cl.N. The highest BCUT2D eigenvalue weighted by atomic mass is 35.5. The van der Waals surface area contributed by atoms with Crippen LogP contribution >= 0.6 is 12.4 Å². The van der Waals surface area contributed by atoms with E-state index in [0.29, 0.717) is 5.92 Å². The summed E-state index contributed by atoms with van der Waals surface area (Å²) in [7, 11) is 0. The first-order valence-corrected chi connectivity index (χ1v) is 3.52. The highest BCUT2D eigenvalue weighted by Gasteiger charge is 2.38. The number of halogens is 3. The van der Waals surface area contributed by atoms with Gasteiger partial charge < -0.3 is 6.15 Å². The molecule has 1 aliphatic rings. The molecule has 0 bridgehead atoms. The van der Waals surface area contributed by atoms with Gasteiger partial charge in [-0.1, -0.05) is 13.3 Å². The van der Waals surface area contributed by atoms with Crippen LogP contribution < -0.4 is 6.15 Å². The van der Waals surface area contributed by atoms with Crippen LogP contribution in [0.4, 0.5) is 8.78 Å². The first kappa shape index (κ1) is 13.7. The van der Waals surface area contributed by atoms with Gasteiger partial charge in [-0.25, -0.2) is 8.78 Å². The van der Waals surface area contributed by atoms with Crippen LogP contribution in [-0.2, 0) is 0 Å². The molecular weight excluding hydrogens is 172 g/mol. The van der Waals surface area contributed by atoms with Crippen LogP contribution in [0.15, 0.2) is 0 Å². The van der Waals surface area contributed by atoms with E-state index in [4.69, 9.17) is 0 Å². The van der Waals surface area contributed by atoms with Crippen molar-refractivity contribution in [1.82, 2.24) is 6.15 Å². The fourth-order valence-electron chi connectivity index (χ4n) is 1.39. The van der Waals surface area contributed by atoms with Gasteiger partial charge in [0.05, 0.1) is 0 Å². The summed E-state index contributed by atoms with van der Waals surface area (Å²) in [5.74, 6) is -2.04. The molecule has 0 aromatic rings. The Balaban J connectivity index is 0. The molecule has 0 radical (unpaired) electrons. The third kappa shape index (κ3) is 3.87. The summed E-state index contributed by atoms with van der Waals surface area (Å²) in [4.78, 5) is 0. The summed E-state index contributed by atoms with van der Waals surface area (Å²) in [6, 6.07) is 0. The van der Waals surface area contributed by atoms with Crippen LogP contribution in [0.3, 0.4) is 0 Å². The molecule has 0 aromatic heterocycles. The molecule has 0 spiro atoms. The molecule has 4 heteroatoms. The maximum absolute atomic E-state index is 12.4. The van der Waals surface area contributed by atoms with Gasteiger partial charge in [-0.3, -0.25) is 0 Å². The lowest BCUT2D eigenvalue weighted by molar-refractivity contribution is 0.00491. The maximum Gasteiger partial charge on any atom is 0.248 e. The van der Waals surface area contributed by atoms with E-state index in [1.54, 1.807) is 0 Å². The van der Waals surface area contributed by atoms with E-state index in [0.717, 1.165) is 12.8 Å². The van der Waals surface area contributed by atoms with Crippen molar-refractivity contribution in [2.75, 3.05) is 0 Å². The van der Waals surface area contributed by atoms with Crippen molar-refractivity contribution in [2.24, 2.45) is 5.92 Å². The van der Waals surface area contributed by atoms with Crippen molar-refractivity contribution in [3.63, 3.8) is 0 Å². The van der Waals surface area contributed by atoms with E-state index in [1.807, 2.05) is 6.92 Å². The minimum Gasteiger partial charge on any atom is -0.344 e. The average Bonchev–Trinajstić information content (AvgIpc) is 2.10. The zero-order valence-corrected chi connectivity index (χ0v) is 7.59. The van der Waals surface area contributed by atoms with Gasteiger partial charge in [0.1, 0.15) is 0 Å². The highest BCUT2D eigenvalue weighted by molar-refractivity contribution is 5.85. The molecule has 1 aliphatic carbocycles. The molecule has 3 N–H and O–H groups in total. The van der Waals surface area contributed by atoms with Crippen LogP contribution in [0.25, 0.3) is 0 Å². The number of hydrogen-bond acceptors (Lipinski definition) is 1. The van der Waals surface area contributed by atoms with E-state index < -0.39 is 5.92 Å². The van der Waals surface area contributed by atoms with Crippen molar-refractivity contribution in [3.8, 4) is 0 Å². The second-order valence-corrected chi connectivity index (χ2v) is 2.87. The Morgan fingerprint density at radius 2 is 2.00 bits per heavy atom. The molecule has 0 amide bonds. The fourth-order valence-corrected chi connectivity index (χ4v) is 1.39. The fraction of sp³-hybridized carbons (Fsp3) is 1.00. The van der Waals surface area contributed by atoms with E-state index >= 15 is 0 Å². The molecule has 1 fully saturated rings. The Hall–Kier alpha value is 0.110. The second-order valence-electron chi connectivity index (χ2n) is 2.87. The van der Waals surface area contributed by atoms with Gasteiger partial charge in [0.25, 0.3) is 0 Å². The third-order valence-electron chi connectivity index (χ3n) is 2.08. The number of alkyl halides is 2. The van der Waals surface area contributed by atoms with Gasteiger partial charge in [-0.05, 0) is 12.3 Å². The Kier molecular flexibility index (Phi) is 6.07. The molecule has 0 heterocycles. The lowest BCUT2D eigenvalue weighted by atomic mass is 10.1. The Morgan fingerprint density at radius 1 is 1.45 bits per heavy atom. The monoisotopic (exact) mass is 187 g/mol. The molecule has 1 nitrogen and oxygen atoms in total. The first-order chi connectivity index (χ1) is 4.14. The summed E-state index contributed by atoms with van der Waals surface area (Å²) in [5.41, 5.74) is 0. The smallest absolute Gasteiger partial charge is 0.248 e. The van der Waals surface area contributed by atoms with Crippen molar-refractivity contribution in [1.29, 1.82) is 0 Å². The van der Waals surface area contributed by atoms with E-state index in [2.05, 4.69) is 0 Å². The average molecular weight is 188 g/mol. The highest BCUT2D eigenvalue weighted by Crippen LogP contribution is 2.39. The Bertz CT molecular complexity index is 109. The quantitative estimate of drug-likeness (QED) is 0.671. The van der Waals surface area contributed by atoms with Crippen molar-refractivity contribution in [3.05, 3.63) is 0 Å². The largest absolute Gasteiger partial charge is 0.344 e. The number of rotatable bonds is 1. The van der Waals surface area contributed by atoms with Crippen molar-refractivity contribution < 1.29 is 8.78 Å². The molecule has 70 valence electrons. The lowest BCUT2D eigenvalue weighted by Crippen LogP contribution is -2.09.